The molecule has 1 aromatic carbocycles. The average molecular weight is 224 g/mol. The number of hydrogen-bond donors (Lipinski definition) is 2. The normalized spacial score (nSPS) is 9.88. The summed E-state index contributed by atoms with van der Waals surface area (Å²) in [5.41, 5.74) is 0.278. The zero-order valence-corrected chi connectivity index (χ0v) is 8.98. The Morgan fingerprint density at radius 2 is 1.94 bits per heavy atom. The summed E-state index contributed by atoms with van der Waals surface area (Å²) in [4.78, 5) is 22.4. The van der Waals surface area contributed by atoms with Gasteiger partial charge in [-0.05, 0) is 18.6 Å². The summed E-state index contributed by atoms with van der Waals surface area (Å²) < 4.78 is 4.46. The van der Waals surface area contributed by atoms with Gasteiger partial charge in [0, 0.05) is 6.07 Å². The monoisotopic (exact) mass is 224 g/mol. The molecular weight excluding hydrogens is 212 g/mol. The zero-order valence-electron chi connectivity index (χ0n) is 8.98. The van der Waals surface area contributed by atoms with Gasteiger partial charge < -0.3 is 14.9 Å². The highest BCUT2D eigenvalue weighted by Gasteiger charge is 2.17. The number of Topliss-reactive ketones (excluding diaryl/α,β-unsaturated/α-hetero) is 1. The first-order valence-electron chi connectivity index (χ1n) is 4.58. The van der Waals surface area contributed by atoms with E-state index in [1.54, 1.807) is 0 Å². The molecule has 0 saturated heterocycles. The van der Waals surface area contributed by atoms with Crippen molar-refractivity contribution in [2.45, 2.75) is 13.3 Å². The first-order valence-corrected chi connectivity index (χ1v) is 4.58. The summed E-state index contributed by atoms with van der Waals surface area (Å²) in [6.45, 7) is 1.27. The molecule has 0 aliphatic rings. The highest BCUT2D eigenvalue weighted by molar-refractivity contribution is 5.99. The molecule has 0 amide bonds. The summed E-state index contributed by atoms with van der Waals surface area (Å²) >= 11 is 0. The maximum absolute atomic E-state index is 11.3. The van der Waals surface area contributed by atoms with Crippen molar-refractivity contribution in [2.75, 3.05) is 7.11 Å². The molecule has 0 spiro atoms. The van der Waals surface area contributed by atoms with E-state index < -0.39 is 5.97 Å². The number of carbonyl (C=O) groups excluding carboxylic acids is 2. The van der Waals surface area contributed by atoms with Crippen molar-refractivity contribution in [2.24, 2.45) is 0 Å². The van der Waals surface area contributed by atoms with Gasteiger partial charge in [0.1, 0.15) is 11.5 Å². The number of rotatable bonds is 3. The SMILES string of the molecule is COC(=O)Cc1cc(O)cc(O)c1C(C)=O. The summed E-state index contributed by atoms with van der Waals surface area (Å²) in [5, 5.41) is 18.8. The molecule has 2 N–H and O–H groups in total. The number of phenolic OH excluding ortho intramolecular Hbond substituents is 2. The average Bonchev–Trinajstić information content (AvgIpc) is 2.15. The van der Waals surface area contributed by atoms with Gasteiger partial charge in [0.05, 0.1) is 19.1 Å². The van der Waals surface area contributed by atoms with E-state index in [9.17, 15) is 19.8 Å². The van der Waals surface area contributed by atoms with E-state index in [2.05, 4.69) is 4.74 Å². The molecule has 0 unspecified atom stereocenters. The molecule has 0 aliphatic carbocycles. The summed E-state index contributed by atoms with van der Waals surface area (Å²) in [5.74, 6) is -1.48. The molecule has 0 aromatic heterocycles. The van der Waals surface area contributed by atoms with E-state index in [0.29, 0.717) is 0 Å². The van der Waals surface area contributed by atoms with Crippen LogP contribution < -0.4 is 0 Å². The predicted octanol–water partition coefficient (Wildman–Crippen LogP) is 1.02. The molecule has 1 aromatic rings. The Morgan fingerprint density at radius 1 is 1.31 bits per heavy atom. The Kier molecular flexibility index (Phi) is 3.50. The highest BCUT2D eigenvalue weighted by Crippen LogP contribution is 2.28. The molecule has 0 atom stereocenters. The number of phenols is 2. The van der Waals surface area contributed by atoms with Gasteiger partial charge in [0.2, 0.25) is 0 Å². The quantitative estimate of drug-likeness (QED) is 0.591. The molecule has 16 heavy (non-hydrogen) atoms. The van der Waals surface area contributed by atoms with Gasteiger partial charge in [0.25, 0.3) is 0 Å². The maximum Gasteiger partial charge on any atom is 0.310 e. The summed E-state index contributed by atoms with van der Waals surface area (Å²) in [7, 11) is 1.22. The Bertz CT molecular complexity index is 436. The smallest absolute Gasteiger partial charge is 0.310 e. The van der Waals surface area contributed by atoms with Crippen molar-refractivity contribution in [1.29, 1.82) is 0 Å². The summed E-state index contributed by atoms with van der Waals surface area (Å²) in [6.07, 6.45) is -0.173. The van der Waals surface area contributed by atoms with Gasteiger partial charge in [-0.2, -0.15) is 0 Å². The molecule has 0 saturated carbocycles. The van der Waals surface area contributed by atoms with Crippen molar-refractivity contribution in [3.63, 3.8) is 0 Å². The van der Waals surface area contributed by atoms with E-state index in [-0.39, 0.29) is 34.8 Å². The molecule has 86 valence electrons. The number of methoxy groups -OCH3 is 1. The number of esters is 1. The third-order valence-electron chi connectivity index (χ3n) is 2.10. The van der Waals surface area contributed by atoms with Crippen LogP contribution in [0.1, 0.15) is 22.8 Å². The Balaban J connectivity index is 3.24. The Morgan fingerprint density at radius 3 is 2.44 bits per heavy atom. The van der Waals surface area contributed by atoms with Crippen LogP contribution in [0.25, 0.3) is 0 Å². The fourth-order valence-corrected chi connectivity index (χ4v) is 1.44. The van der Waals surface area contributed by atoms with E-state index in [0.717, 1.165) is 6.07 Å². The molecule has 0 fully saturated rings. The van der Waals surface area contributed by atoms with Crippen LogP contribution >= 0.6 is 0 Å². The van der Waals surface area contributed by atoms with Gasteiger partial charge >= 0.3 is 5.97 Å². The maximum atomic E-state index is 11.3. The largest absolute Gasteiger partial charge is 0.508 e. The molecule has 0 radical (unpaired) electrons. The van der Waals surface area contributed by atoms with Crippen LogP contribution in [0.3, 0.4) is 0 Å². The van der Waals surface area contributed by atoms with Crippen LogP contribution in [-0.2, 0) is 16.0 Å². The minimum Gasteiger partial charge on any atom is -0.508 e. The number of hydrogen-bond acceptors (Lipinski definition) is 5. The number of ketones is 1. The topological polar surface area (TPSA) is 83.8 Å². The highest BCUT2D eigenvalue weighted by atomic mass is 16.5. The second-order valence-electron chi connectivity index (χ2n) is 3.31. The number of benzene rings is 1. The number of carbonyl (C=O) groups is 2. The van der Waals surface area contributed by atoms with Gasteiger partial charge in [-0.15, -0.1) is 0 Å². The third-order valence-corrected chi connectivity index (χ3v) is 2.10. The number of aromatic hydroxyl groups is 2. The first-order chi connectivity index (χ1) is 7.45. The molecule has 5 heteroatoms. The summed E-state index contributed by atoms with van der Waals surface area (Å²) in [6, 6.07) is 2.31. The molecule has 5 nitrogen and oxygen atoms in total. The van der Waals surface area contributed by atoms with Crippen LogP contribution in [0.2, 0.25) is 0 Å². The lowest BCUT2D eigenvalue weighted by Crippen LogP contribution is -2.09. The predicted molar refractivity (Wildman–Crippen MR) is 55.5 cm³/mol. The van der Waals surface area contributed by atoms with Gasteiger partial charge in [-0.1, -0.05) is 0 Å². The zero-order chi connectivity index (χ0) is 12.3. The van der Waals surface area contributed by atoms with Crippen molar-refractivity contribution in [1.82, 2.24) is 0 Å². The molecule has 0 aliphatic heterocycles. The van der Waals surface area contributed by atoms with Gasteiger partial charge in [-0.3, -0.25) is 9.59 Å². The molecule has 0 heterocycles. The second kappa shape index (κ2) is 4.65. The lowest BCUT2D eigenvalue weighted by atomic mass is 10.00. The lowest BCUT2D eigenvalue weighted by Gasteiger charge is -2.08. The Labute approximate surface area is 92.3 Å². The fourth-order valence-electron chi connectivity index (χ4n) is 1.44. The van der Waals surface area contributed by atoms with Crippen LogP contribution in [-0.4, -0.2) is 29.1 Å². The minimum atomic E-state index is -0.549. The molecule has 0 bridgehead atoms. The van der Waals surface area contributed by atoms with E-state index in [1.807, 2.05) is 0 Å². The van der Waals surface area contributed by atoms with Crippen molar-refractivity contribution in [3.8, 4) is 11.5 Å². The van der Waals surface area contributed by atoms with E-state index >= 15 is 0 Å². The number of ether oxygens (including phenoxy) is 1. The van der Waals surface area contributed by atoms with Gasteiger partial charge in [0.15, 0.2) is 5.78 Å². The molecular formula is C11H12O5. The Hall–Kier alpha value is -2.04. The van der Waals surface area contributed by atoms with Crippen LogP contribution in [0.5, 0.6) is 11.5 Å². The first kappa shape index (κ1) is 12.0. The second-order valence-corrected chi connectivity index (χ2v) is 3.31. The van der Waals surface area contributed by atoms with Crippen molar-refractivity contribution < 1.29 is 24.5 Å². The van der Waals surface area contributed by atoms with Crippen molar-refractivity contribution >= 4 is 11.8 Å². The van der Waals surface area contributed by atoms with Crippen molar-refractivity contribution in [3.05, 3.63) is 23.3 Å². The van der Waals surface area contributed by atoms with E-state index in [4.69, 9.17) is 0 Å². The fraction of sp³-hybridized carbons (Fsp3) is 0.273. The minimum absolute atomic E-state index is 0.0307. The van der Waals surface area contributed by atoms with Crippen LogP contribution in [0.4, 0.5) is 0 Å². The van der Waals surface area contributed by atoms with Crippen LogP contribution in [0, 0.1) is 0 Å². The molecule has 1 rings (SSSR count). The van der Waals surface area contributed by atoms with Crippen LogP contribution in [0.15, 0.2) is 12.1 Å². The third kappa shape index (κ3) is 2.50. The van der Waals surface area contributed by atoms with E-state index in [1.165, 1.54) is 20.1 Å². The lowest BCUT2D eigenvalue weighted by molar-refractivity contribution is -0.139. The standard InChI is InChI=1S/C11H12O5/c1-6(12)11-7(4-10(15)16-2)3-8(13)5-9(11)14/h3,5,13-14H,4H2,1-2H3. The van der Waals surface area contributed by atoms with Gasteiger partial charge in [-0.25, -0.2) is 0 Å².